The maximum atomic E-state index is 12.8. The smallest absolute Gasteiger partial charge is 0.255 e. The number of carbonyl (C=O) groups excluding carboxylic acids is 2. The summed E-state index contributed by atoms with van der Waals surface area (Å²) in [5, 5.41) is 0. The first-order chi connectivity index (χ1) is 11.6. The van der Waals surface area contributed by atoms with Gasteiger partial charge in [0.15, 0.2) is 0 Å². The van der Waals surface area contributed by atoms with Gasteiger partial charge in [0, 0.05) is 37.6 Å². The zero-order valence-electron chi connectivity index (χ0n) is 14.7. The van der Waals surface area contributed by atoms with Gasteiger partial charge in [0.2, 0.25) is 0 Å². The first-order valence-electron chi connectivity index (χ1n) is 9.15. The van der Waals surface area contributed by atoms with E-state index in [9.17, 15) is 9.59 Å². The molecule has 0 spiro atoms. The van der Waals surface area contributed by atoms with E-state index < -0.39 is 0 Å². The number of pyridine rings is 1. The van der Waals surface area contributed by atoms with Gasteiger partial charge in [-0.15, -0.1) is 0 Å². The predicted octanol–water partition coefficient (Wildman–Crippen LogP) is 3.11. The van der Waals surface area contributed by atoms with Gasteiger partial charge in [0.05, 0.1) is 11.1 Å². The van der Waals surface area contributed by atoms with Gasteiger partial charge < -0.3 is 9.80 Å². The summed E-state index contributed by atoms with van der Waals surface area (Å²) in [5.74, 6) is -0.00733. The normalized spacial score (nSPS) is 24.8. The maximum Gasteiger partial charge on any atom is 0.255 e. The second-order valence-electron chi connectivity index (χ2n) is 7.15. The number of carbonyl (C=O) groups is 2. The van der Waals surface area contributed by atoms with Crippen LogP contribution < -0.4 is 0 Å². The molecule has 2 aliphatic heterocycles. The van der Waals surface area contributed by atoms with E-state index in [4.69, 9.17) is 0 Å². The lowest BCUT2D eigenvalue weighted by Crippen LogP contribution is -2.43. The number of piperidine rings is 2. The van der Waals surface area contributed by atoms with Crippen molar-refractivity contribution in [2.24, 2.45) is 0 Å². The molecule has 0 aliphatic carbocycles. The zero-order chi connectivity index (χ0) is 17.1. The Morgan fingerprint density at radius 2 is 1.33 bits per heavy atom. The summed E-state index contributed by atoms with van der Waals surface area (Å²) >= 11 is 0. The van der Waals surface area contributed by atoms with Crippen LogP contribution in [0.1, 0.15) is 73.1 Å². The minimum absolute atomic E-state index is 0.00366. The van der Waals surface area contributed by atoms with Crippen LogP contribution in [0.2, 0.25) is 0 Å². The van der Waals surface area contributed by atoms with Crippen LogP contribution in [0.25, 0.3) is 0 Å². The molecule has 0 aromatic carbocycles. The fourth-order valence-electron chi connectivity index (χ4n) is 3.81. The van der Waals surface area contributed by atoms with Crippen LogP contribution >= 0.6 is 0 Å². The summed E-state index contributed by atoms with van der Waals surface area (Å²) in [6.45, 7) is 5.77. The number of hydrogen-bond acceptors (Lipinski definition) is 3. The quantitative estimate of drug-likeness (QED) is 0.838. The fourth-order valence-corrected chi connectivity index (χ4v) is 3.81. The van der Waals surface area contributed by atoms with Crippen LogP contribution in [0.3, 0.4) is 0 Å². The monoisotopic (exact) mass is 329 g/mol. The minimum atomic E-state index is -0.00366. The Hall–Kier alpha value is -1.91. The van der Waals surface area contributed by atoms with Crippen LogP contribution in [0.4, 0.5) is 0 Å². The third kappa shape index (κ3) is 3.45. The zero-order valence-corrected chi connectivity index (χ0v) is 14.7. The molecule has 2 fully saturated rings. The van der Waals surface area contributed by atoms with Gasteiger partial charge in [0.25, 0.3) is 11.8 Å². The van der Waals surface area contributed by atoms with E-state index in [1.54, 1.807) is 18.5 Å². The van der Waals surface area contributed by atoms with Crippen LogP contribution in [0, 0.1) is 0 Å². The second kappa shape index (κ2) is 7.32. The van der Waals surface area contributed by atoms with Gasteiger partial charge in [-0.1, -0.05) is 0 Å². The number of rotatable bonds is 2. The summed E-state index contributed by atoms with van der Waals surface area (Å²) in [5.41, 5.74) is 1.05. The maximum absolute atomic E-state index is 12.8. The van der Waals surface area contributed by atoms with E-state index in [0.29, 0.717) is 11.1 Å². The molecule has 2 atom stereocenters. The molecule has 5 nitrogen and oxygen atoms in total. The standard InChI is InChI=1S/C19H27N3O2/c1-14-7-3-5-9-21(14)18(23)16-11-17(13-20-12-16)19(24)22-10-6-4-8-15(22)2/h11-15H,3-10H2,1-2H3/t14-,15+. The summed E-state index contributed by atoms with van der Waals surface area (Å²) in [6.07, 6.45) is 9.70. The summed E-state index contributed by atoms with van der Waals surface area (Å²) in [4.78, 5) is 33.6. The van der Waals surface area contributed by atoms with E-state index in [-0.39, 0.29) is 23.9 Å². The Labute approximate surface area is 144 Å². The van der Waals surface area contributed by atoms with Crippen molar-refractivity contribution in [2.75, 3.05) is 13.1 Å². The SMILES string of the molecule is C[C@@H]1CCCCN1C(=O)c1cncc(C(=O)N2CCCC[C@@H]2C)c1. The average Bonchev–Trinajstić information content (AvgIpc) is 2.61. The average molecular weight is 329 g/mol. The summed E-state index contributed by atoms with van der Waals surface area (Å²) in [7, 11) is 0. The summed E-state index contributed by atoms with van der Waals surface area (Å²) in [6, 6.07) is 2.24. The van der Waals surface area contributed by atoms with Crippen molar-refractivity contribution < 1.29 is 9.59 Å². The molecule has 1 aromatic rings. The molecule has 3 rings (SSSR count). The Kier molecular flexibility index (Phi) is 5.17. The molecule has 2 aliphatic rings. The molecule has 0 unspecified atom stereocenters. The van der Waals surface area contributed by atoms with Crippen molar-refractivity contribution in [3.63, 3.8) is 0 Å². The minimum Gasteiger partial charge on any atom is -0.336 e. The molecule has 0 bridgehead atoms. The molecular formula is C19H27N3O2. The van der Waals surface area contributed by atoms with Crippen molar-refractivity contribution in [1.29, 1.82) is 0 Å². The Bertz CT molecular complexity index is 567. The molecule has 5 heteroatoms. The highest BCUT2D eigenvalue weighted by Gasteiger charge is 2.27. The number of hydrogen-bond donors (Lipinski definition) is 0. The summed E-state index contributed by atoms with van der Waals surface area (Å²) < 4.78 is 0. The third-order valence-corrected chi connectivity index (χ3v) is 5.36. The van der Waals surface area contributed by atoms with Gasteiger partial charge in [-0.2, -0.15) is 0 Å². The first-order valence-corrected chi connectivity index (χ1v) is 9.15. The second-order valence-corrected chi connectivity index (χ2v) is 7.15. The van der Waals surface area contributed by atoms with Crippen LogP contribution in [0.5, 0.6) is 0 Å². The molecule has 130 valence electrons. The Morgan fingerprint density at radius 3 is 1.75 bits per heavy atom. The van der Waals surface area contributed by atoms with Gasteiger partial charge in [0.1, 0.15) is 0 Å². The molecular weight excluding hydrogens is 302 g/mol. The lowest BCUT2D eigenvalue weighted by atomic mass is 10.0. The highest BCUT2D eigenvalue weighted by atomic mass is 16.2. The molecule has 2 saturated heterocycles. The Morgan fingerprint density at radius 1 is 0.875 bits per heavy atom. The van der Waals surface area contributed by atoms with E-state index in [1.165, 1.54) is 12.8 Å². The van der Waals surface area contributed by atoms with Gasteiger partial charge in [-0.05, 0) is 58.4 Å². The molecule has 3 heterocycles. The molecule has 24 heavy (non-hydrogen) atoms. The highest BCUT2D eigenvalue weighted by molar-refractivity contribution is 5.99. The topological polar surface area (TPSA) is 53.5 Å². The van der Waals surface area contributed by atoms with Crippen molar-refractivity contribution in [3.05, 3.63) is 29.6 Å². The van der Waals surface area contributed by atoms with Crippen molar-refractivity contribution >= 4 is 11.8 Å². The van der Waals surface area contributed by atoms with E-state index >= 15 is 0 Å². The third-order valence-electron chi connectivity index (χ3n) is 5.36. The Balaban J connectivity index is 1.78. The molecule has 2 amide bonds. The number of aromatic nitrogens is 1. The fraction of sp³-hybridized carbons (Fsp3) is 0.632. The van der Waals surface area contributed by atoms with E-state index in [2.05, 4.69) is 18.8 Å². The first kappa shape index (κ1) is 16.9. The van der Waals surface area contributed by atoms with Gasteiger partial charge in [-0.25, -0.2) is 0 Å². The molecule has 0 saturated carbocycles. The van der Waals surface area contributed by atoms with Crippen LogP contribution in [-0.4, -0.2) is 51.8 Å². The van der Waals surface area contributed by atoms with E-state index in [0.717, 1.165) is 38.8 Å². The van der Waals surface area contributed by atoms with Crippen molar-refractivity contribution in [1.82, 2.24) is 14.8 Å². The lowest BCUT2D eigenvalue weighted by molar-refractivity contribution is 0.0633. The number of nitrogens with zero attached hydrogens (tertiary/aromatic N) is 3. The lowest BCUT2D eigenvalue weighted by Gasteiger charge is -2.34. The van der Waals surface area contributed by atoms with Crippen molar-refractivity contribution in [3.8, 4) is 0 Å². The highest BCUT2D eigenvalue weighted by Crippen LogP contribution is 2.21. The van der Waals surface area contributed by atoms with Crippen LogP contribution in [0.15, 0.2) is 18.5 Å². The molecule has 0 radical (unpaired) electrons. The largest absolute Gasteiger partial charge is 0.336 e. The molecule has 1 aromatic heterocycles. The predicted molar refractivity (Wildman–Crippen MR) is 92.9 cm³/mol. The van der Waals surface area contributed by atoms with Gasteiger partial charge >= 0.3 is 0 Å². The van der Waals surface area contributed by atoms with E-state index in [1.807, 2.05) is 9.80 Å². The van der Waals surface area contributed by atoms with Crippen molar-refractivity contribution in [2.45, 2.75) is 64.5 Å². The van der Waals surface area contributed by atoms with Crippen LogP contribution in [-0.2, 0) is 0 Å². The van der Waals surface area contributed by atoms with Gasteiger partial charge in [-0.3, -0.25) is 14.6 Å². The number of amides is 2. The molecule has 0 N–H and O–H groups in total. The number of likely N-dealkylation sites (tertiary alicyclic amines) is 2.